The molecule has 0 aliphatic rings. The van der Waals surface area contributed by atoms with E-state index in [-0.39, 0.29) is 5.91 Å². The van der Waals surface area contributed by atoms with Crippen molar-refractivity contribution >= 4 is 17.9 Å². The van der Waals surface area contributed by atoms with Crippen LogP contribution in [0.2, 0.25) is 0 Å². The van der Waals surface area contributed by atoms with Crippen LogP contribution in [0.5, 0.6) is 11.5 Å². The second-order valence-corrected chi connectivity index (χ2v) is 7.18. The summed E-state index contributed by atoms with van der Waals surface area (Å²) in [6.45, 7) is 0.473. The van der Waals surface area contributed by atoms with E-state index in [2.05, 4.69) is 15.4 Å². The van der Waals surface area contributed by atoms with Gasteiger partial charge in [-0.2, -0.15) is 9.67 Å². The molecular weight excluding hydrogens is 416 g/mol. The van der Waals surface area contributed by atoms with Gasteiger partial charge in [0.2, 0.25) is 5.95 Å². The molecule has 1 heterocycles. The van der Waals surface area contributed by atoms with Crippen LogP contribution >= 0.6 is 0 Å². The summed E-state index contributed by atoms with van der Waals surface area (Å²) in [5, 5.41) is 7.70. The quantitative estimate of drug-likeness (QED) is 0.392. The molecule has 1 aromatic heterocycles. The smallest absolute Gasteiger partial charge is 0.274 e. The molecule has 7 heteroatoms. The monoisotopic (exact) mass is 440 g/mol. The van der Waals surface area contributed by atoms with Gasteiger partial charge in [-0.25, -0.2) is 0 Å². The van der Waals surface area contributed by atoms with Gasteiger partial charge in [-0.1, -0.05) is 42.5 Å². The summed E-state index contributed by atoms with van der Waals surface area (Å²) >= 11 is 0. The first-order valence-corrected chi connectivity index (χ1v) is 10.4. The molecular formula is C26H24N4O3. The number of allylic oxidation sites excluding steroid dienone is 1. The van der Waals surface area contributed by atoms with Gasteiger partial charge >= 0.3 is 0 Å². The van der Waals surface area contributed by atoms with Crippen molar-refractivity contribution in [2.45, 2.75) is 6.54 Å². The Balaban J connectivity index is 1.60. The molecule has 33 heavy (non-hydrogen) atoms. The molecule has 1 N–H and O–H groups in total. The van der Waals surface area contributed by atoms with Gasteiger partial charge in [0.05, 0.1) is 14.2 Å². The molecule has 4 aromatic rings. The number of nitrogens with one attached hydrogen (secondary N) is 1. The third-order valence-electron chi connectivity index (χ3n) is 4.99. The molecule has 166 valence electrons. The lowest BCUT2D eigenvalue weighted by Crippen LogP contribution is -2.14. The number of rotatable bonds is 8. The van der Waals surface area contributed by atoms with Crippen molar-refractivity contribution in [2.75, 3.05) is 19.5 Å². The lowest BCUT2D eigenvalue weighted by Gasteiger charge is -2.07. The Kier molecular flexibility index (Phi) is 6.80. The van der Waals surface area contributed by atoms with Crippen LogP contribution in [-0.2, 0) is 6.54 Å². The van der Waals surface area contributed by atoms with E-state index in [0.29, 0.717) is 18.3 Å². The average molecular weight is 441 g/mol. The minimum Gasteiger partial charge on any atom is -0.497 e. The average Bonchev–Trinajstić information content (AvgIpc) is 3.31. The van der Waals surface area contributed by atoms with Crippen LogP contribution in [0.3, 0.4) is 0 Å². The zero-order valence-corrected chi connectivity index (χ0v) is 18.4. The van der Waals surface area contributed by atoms with Gasteiger partial charge < -0.3 is 14.8 Å². The van der Waals surface area contributed by atoms with E-state index < -0.39 is 0 Å². The fourth-order valence-electron chi connectivity index (χ4n) is 3.17. The van der Waals surface area contributed by atoms with Crippen molar-refractivity contribution in [3.63, 3.8) is 0 Å². The summed E-state index contributed by atoms with van der Waals surface area (Å²) in [6, 6.07) is 24.7. The third kappa shape index (κ3) is 5.46. The molecule has 0 fully saturated rings. The largest absolute Gasteiger partial charge is 0.497 e. The molecule has 7 nitrogen and oxygen atoms in total. The highest BCUT2D eigenvalue weighted by atomic mass is 16.5. The summed E-state index contributed by atoms with van der Waals surface area (Å²) in [6.07, 6.45) is 3.24. The van der Waals surface area contributed by atoms with Crippen LogP contribution in [0.15, 0.2) is 84.9 Å². The van der Waals surface area contributed by atoms with Gasteiger partial charge in [0.15, 0.2) is 5.82 Å². The molecule has 3 aromatic carbocycles. The zero-order valence-electron chi connectivity index (χ0n) is 18.4. The van der Waals surface area contributed by atoms with Gasteiger partial charge in [0.25, 0.3) is 5.91 Å². The van der Waals surface area contributed by atoms with Crippen LogP contribution in [0.1, 0.15) is 15.9 Å². The highest BCUT2D eigenvalue weighted by Crippen LogP contribution is 2.22. The maximum Gasteiger partial charge on any atom is 0.274 e. The maximum absolute atomic E-state index is 13.0. The fourth-order valence-corrected chi connectivity index (χ4v) is 3.17. The molecule has 0 aliphatic heterocycles. The van der Waals surface area contributed by atoms with Crippen LogP contribution in [0.25, 0.3) is 17.5 Å². The van der Waals surface area contributed by atoms with Gasteiger partial charge in [-0.05, 0) is 53.6 Å². The van der Waals surface area contributed by atoms with Crippen LogP contribution < -0.4 is 14.8 Å². The predicted molar refractivity (Wildman–Crippen MR) is 128 cm³/mol. The number of benzene rings is 3. The van der Waals surface area contributed by atoms with E-state index in [0.717, 1.165) is 28.2 Å². The summed E-state index contributed by atoms with van der Waals surface area (Å²) in [7, 11) is 3.24. The highest BCUT2D eigenvalue weighted by molar-refractivity contribution is 5.94. The number of methoxy groups -OCH3 is 2. The molecule has 0 aliphatic carbocycles. The van der Waals surface area contributed by atoms with Gasteiger partial charge in [0.1, 0.15) is 11.5 Å². The van der Waals surface area contributed by atoms with E-state index in [1.165, 1.54) is 10.8 Å². The Morgan fingerprint density at radius 3 is 2.18 bits per heavy atom. The minimum atomic E-state index is -0.302. The Morgan fingerprint density at radius 2 is 1.55 bits per heavy atom. The zero-order chi connectivity index (χ0) is 23.0. The van der Waals surface area contributed by atoms with E-state index in [1.807, 2.05) is 78.9 Å². The van der Waals surface area contributed by atoms with Crippen molar-refractivity contribution < 1.29 is 14.3 Å². The van der Waals surface area contributed by atoms with Crippen molar-refractivity contribution in [1.29, 1.82) is 0 Å². The number of carbonyl (C=O) groups is 1. The summed E-state index contributed by atoms with van der Waals surface area (Å²) in [4.78, 5) is 17.6. The Labute approximate surface area is 192 Å². The number of anilines is 1. The van der Waals surface area contributed by atoms with Gasteiger partial charge in [-0.15, -0.1) is 5.10 Å². The van der Waals surface area contributed by atoms with E-state index >= 15 is 0 Å². The summed E-state index contributed by atoms with van der Waals surface area (Å²) in [5.74, 6) is 2.02. The Bertz CT molecular complexity index is 1230. The number of hydrogen-bond acceptors (Lipinski definition) is 6. The Hall–Kier alpha value is -4.39. The first kappa shape index (κ1) is 21.8. The van der Waals surface area contributed by atoms with E-state index in [1.54, 1.807) is 20.3 Å². The molecule has 0 radical (unpaired) electrons. The molecule has 0 bridgehead atoms. The molecule has 0 amide bonds. The van der Waals surface area contributed by atoms with Crippen molar-refractivity contribution in [3.8, 4) is 22.9 Å². The predicted octanol–water partition coefficient (Wildman–Crippen LogP) is 4.93. The molecule has 4 rings (SSSR count). The summed E-state index contributed by atoms with van der Waals surface area (Å²) in [5.41, 5.74) is 2.72. The lowest BCUT2D eigenvalue weighted by atomic mass is 10.2. The highest BCUT2D eigenvalue weighted by Gasteiger charge is 2.16. The number of ether oxygens (including phenoxy) is 2. The first-order chi connectivity index (χ1) is 16.2. The number of carbonyl (C=O) groups excluding carboxylic acids is 1. The van der Waals surface area contributed by atoms with Crippen LogP contribution in [-0.4, -0.2) is 34.9 Å². The van der Waals surface area contributed by atoms with Crippen molar-refractivity contribution in [2.24, 2.45) is 0 Å². The molecule has 0 saturated carbocycles. The third-order valence-corrected chi connectivity index (χ3v) is 4.99. The number of aromatic nitrogens is 3. The number of nitrogens with zero attached hydrogens (tertiary/aromatic N) is 3. The van der Waals surface area contributed by atoms with Crippen LogP contribution in [0, 0.1) is 0 Å². The minimum absolute atomic E-state index is 0.302. The standard InChI is InChI=1S/C26H24N4O3/c1-32-22-13-8-20(9-14-22)18-27-26-28-25(21-11-15-23(33-2)16-12-21)29-30(26)24(31)17-10-19-6-4-3-5-7-19/h3-17H,18H2,1-2H3,(H,27,28,29). The second-order valence-electron chi connectivity index (χ2n) is 7.18. The number of hydrogen-bond donors (Lipinski definition) is 1. The molecule has 0 unspecified atom stereocenters. The van der Waals surface area contributed by atoms with Crippen molar-refractivity contribution in [1.82, 2.24) is 14.8 Å². The SMILES string of the molecule is COc1ccc(CNc2nc(-c3ccc(OC)cc3)nn2C(=O)C=Cc2ccccc2)cc1. The van der Waals surface area contributed by atoms with Gasteiger partial charge in [-0.3, -0.25) is 4.79 Å². The molecule has 0 atom stereocenters. The molecule has 0 saturated heterocycles. The molecule has 0 spiro atoms. The van der Waals surface area contributed by atoms with Gasteiger partial charge in [0, 0.05) is 18.2 Å². The second kappa shape index (κ2) is 10.3. The van der Waals surface area contributed by atoms with Crippen molar-refractivity contribution in [3.05, 3.63) is 96.1 Å². The summed E-state index contributed by atoms with van der Waals surface area (Å²) < 4.78 is 11.7. The van der Waals surface area contributed by atoms with E-state index in [9.17, 15) is 4.79 Å². The fraction of sp³-hybridized carbons (Fsp3) is 0.115. The lowest BCUT2D eigenvalue weighted by molar-refractivity contribution is 0.0957. The Morgan fingerprint density at radius 1 is 0.909 bits per heavy atom. The topological polar surface area (TPSA) is 78.3 Å². The van der Waals surface area contributed by atoms with E-state index in [4.69, 9.17) is 9.47 Å². The maximum atomic E-state index is 13.0. The first-order valence-electron chi connectivity index (χ1n) is 10.4. The van der Waals surface area contributed by atoms with Crippen LogP contribution in [0.4, 0.5) is 5.95 Å². The normalized spacial score (nSPS) is 10.8.